The summed E-state index contributed by atoms with van der Waals surface area (Å²) in [4.78, 5) is 25.8. The Hall–Kier alpha value is -1.83. The molecule has 0 bridgehead atoms. The van der Waals surface area contributed by atoms with E-state index in [0.29, 0.717) is 38.1 Å². The number of hydrogen-bond donors (Lipinski definition) is 1. The highest BCUT2D eigenvalue weighted by Gasteiger charge is 2.26. The van der Waals surface area contributed by atoms with Crippen molar-refractivity contribution in [2.24, 2.45) is 0 Å². The number of amides is 2. The van der Waals surface area contributed by atoms with E-state index in [1.54, 1.807) is 17.0 Å². The Morgan fingerprint density at radius 2 is 2.00 bits per heavy atom. The fourth-order valence-corrected chi connectivity index (χ4v) is 4.17. The van der Waals surface area contributed by atoms with Gasteiger partial charge in [-0.15, -0.1) is 0 Å². The van der Waals surface area contributed by atoms with Gasteiger partial charge in [0.1, 0.15) is 5.75 Å². The van der Waals surface area contributed by atoms with Gasteiger partial charge in [0.05, 0.1) is 12.0 Å². The average molecular weight is 370 g/mol. The average Bonchev–Trinajstić information content (AvgIpc) is 3.09. The third kappa shape index (κ3) is 6.19. The molecule has 2 amide bonds. The summed E-state index contributed by atoms with van der Waals surface area (Å²) in [5, 5.41) is 2.78. The number of piperidine rings is 1. The van der Waals surface area contributed by atoms with Crippen molar-refractivity contribution in [3.05, 3.63) is 24.2 Å². The Balaban J connectivity index is 1.74. The molecule has 1 N–H and O–H groups in total. The first-order chi connectivity index (χ1) is 11.9. The Morgan fingerprint density at radius 3 is 2.60 bits per heavy atom. The molecular weight excluding hydrogens is 344 g/mol. The van der Waals surface area contributed by atoms with Gasteiger partial charge in [-0.05, 0) is 31.4 Å². The lowest BCUT2D eigenvalue weighted by Gasteiger charge is -2.31. The summed E-state index contributed by atoms with van der Waals surface area (Å²) in [6.45, 7) is 3.02. The topological polar surface area (TPSA) is 96.7 Å². The Bertz CT molecular complexity index is 661. The first kappa shape index (κ1) is 19.5. The monoisotopic (exact) mass is 370 g/mol. The van der Waals surface area contributed by atoms with Gasteiger partial charge in [-0.1, -0.05) is 19.8 Å². The van der Waals surface area contributed by atoms with Crippen LogP contribution in [0, 0.1) is 0 Å². The number of carbonyl (C=O) groups is 2. The number of likely N-dealkylation sites (tertiary alicyclic amines) is 1. The minimum Gasteiger partial charge on any atom is -0.459 e. The summed E-state index contributed by atoms with van der Waals surface area (Å²) in [6.07, 6.45) is 5.06. The number of hydrogen-bond acceptors (Lipinski definition) is 5. The van der Waals surface area contributed by atoms with Crippen LogP contribution < -0.4 is 5.32 Å². The molecule has 8 heteroatoms. The van der Waals surface area contributed by atoms with Gasteiger partial charge in [-0.2, -0.15) is 0 Å². The van der Waals surface area contributed by atoms with Crippen LogP contribution in [0.2, 0.25) is 0 Å². The maximum atomic E-state index is 12.2. The van der Waals surface area contributed by atoms with Crippen LogP contribution in [0.1, 0.15) is 49.6 Å². The van der Waals surface area contributed by atoms with E-state index in [1.807, 2.05) is 6.92 Å². The number of furan rings is 1. The van der Waals surface area contributed by atoms with Crippen molar-refractivity contribution in [1.82, 2.24) is 10.2 Å². The third-order valence-corrected chi connectivity index (χ3v) is 5.90. The molecule has 0 aromatic carbocycles. The van der Waals surface area contributed by atoms with Crippen LogP contribution in [-0.4, -0.2) is 55.8 Å². The minimum atomic E-state index is -3.35. The highest BCUT2D eigenvalue weighted by Crippen LogP contribution is 2.14. The summed E-state index contributed by atoms with van der Waals surface area (Å²) < 4.78 is 28.9. The van der Waals surface area contributed by atoms with E-state index in [0.717, 1.165) is 12.8 Å². The van der Waals surface area contributed by atoms with E-state index < -0.39 is 21.5 Å². The Labute approximate surface area is 148 Å². The van der Waals surface area contributed by atoms with E-state index >= 15 is 0 Å². The summed E-state index contributed by atoms with van der Waals surface area (Å²) in [5.41, 5.74) is 0. The van der Waals surface area contributed by atoms with E-state index in [9.17, 15) is 18.0 Å². The van der Waals surface area contributed by atoms with E-state index in [4.69, 9.17) is 4.42 Å². The van der Waals surface area contributed by atoms with Crippen LogP contribution >= 0.6 is 0 Å². The van der Waals surface area contributed by atoms with Crippen LogP contribution in [0.4, 0.5) is 0 Å². The highest BCUT2D eigenvalue weighted by molar-refractivity contribution is 7.92. The predicted molar refractivity (Wildman–Crippen MR) is 94.0 cm³/mol. The van der Waals surface area contributed by atoms with Gasteiger partial charge in [0.2, 0.25) is 5.91 Å². The predicted octanol–water partition coefficient (Wildman–Crippen LogP) is 1.61. The van der Waals surface area contributed by atoms with Crippen LogP contribution in [0.3, 0.4) is 0 Å². The second-order valence-corrected chi connectivity index (χ2v) is 8.59. The second-order valence-electron chi connectivity index (χ2n) is 6.41. The molecule has 140 valence electrons. The Morgan fingerprint density at radius 1 is 1.28 bits per heavy atom. The molecule has 0 radical (unpaired) electrons. The van der Waals surface area contributed by atoms with Crippen LogP contribution in [-0.2, 0) is 14.6 Å². The van der Waals surface area contributed by atoms with Crippen molar-refractivity contribution in [3.8, 4) is 0 Å². The molecule has 0 atom stereocenters. The lowest BCUT2D eigenvalue weighted by molar-refractivity contribution is -0.119. The van der Waals surface area contributed by atoms with Crippen LogP contribution in [0.5, 0.6) is 0 Å². The molecule has 1 aliphatic rings. The maximum Gasteiger partial charge on any atom is 0.289 e. The molecule has 2 rings (SSSR count). The first-order valence-corrected chi connectivity index (χ1v) is 10.6. The zero-order valence-corrected chi connectivity index (χ0v) is 15.4. The highest BCUT2D eigenvalue weighted by atomic mass is 32.2. The largest absolute Gasteiger partial charge is 0.459 e. The summed E-state index contributed by atoms with van der Waals surface area (Å²) in [5.74, 6) is -0.701. The van der Waals surface area contributed by atoms with E-state index in [-0.39, 0.29) is 17.7 Å². The van der Waals surface area contributed by atoms with Gasteiger partial charge < -0.3 is 14.6 Å². The molecule has 1 fully saturated rings. The summed E-state index contributed by atoms with van der Waals surface area (Å²) in [6, 6.07) is 3.19. The van der Waals surface area contributed by atoms with Crippen molar-refractivity contribution in [2.45, 2.75) is 45.1 Å². The van der Waals surface area contributed by atoms with E-state index in [2.05, 4.69) is 5.32 Å². The number of rotatable bonds is 8. The summed E-state index contributed by atoms with van der Waals surface area (Å²) in [7, 11) is -3.35. The van der Waals surface area contributed by atoms with Crippen LogP contribution in [0.25, 0.3) is 0 Å². The molecule has 0 unspecified atom stereocenters. The van der Waals surface area contributed by atoms with Gasteiger partial charge >= 0.3 is 0 Å². The molecule has 7 nitrogen and oxygen atoms in total. The fraction of sp³-hybridized carbons (Fsp3) is 0.647. The standard InChI is InChI=1S/C17H26N2O5S/c1-2-3-4-12-25(22,23)13-16(20)18-14-7-9-19(10-8-14)17(21)15-6-5-11-24-15/h5-6,11,14H,2-4,7-10,12-13H2,1H3,(H,18,20). The molecule has 0 saturated carbocycles. The molecule has 1 aliphatic heterocycles. The molecular formula is C17H26N2O5S. The van der Waals surface area contributed by atoms with Gasteiger partial charge in [-0.3, -0.25) is 9.59 Å². The first-order valence-electron chi connectivity index (χ1n) is 8.74. The normalized spacial score (nSPS) is 16.0. The molecule has 1 aromatic rings. The van der Waals surface area contributed by atoms with Crippen molar-refractivity contribution < 1.29 is 22.4 Å². The summed E-state index contributed by atoms with van der Waals surface area (Å²) >= 11 is 0. The van der Waals surface area contributed by atoms with E-state index in [1.165, 1.54) is 6.26 Å². The molecule has 0 spiro atoms. The van der Waals surface area contributed by atoms with Crippen molar-refractivity contribution >= 4 is 21.7 Å². The SMILES string of the molecule is CCCCCS(=O)(=O)CC(=O)NC1CCN(C(=O)c2ccco2)CC1. The van der Waals surface area contributed by atoms with Crippen LogP contribution in [0.15, 0.2) is 22.8 Å². The lowest BCUT2D eigenvalue weighted by Crippen LogP contribution is -2.47. The number of sulfone groups is 1. The molecule has 0 aliphatic carbocycles. The van der Waals surface area contributed by atoms with Gasteiger partial charge in [0.15, 0.2) is 15.6 Å². The molecule has 1 saturated heterocycles. The fourth-order valence-electron chi connectivity index (χ4n) is 2.90. The quantitative estimate of drug-likeness (QED) is 0.701. The Kier molecular flexibility index (Phi) is 7.04. The second kappa shape index (κ2) is 9.03. The smallest absolute Gasteiger partial charge is 0.289 e. The maximum absolute atomic E-state index is 12.2. The number of nitrogens with one attached hydrogen (secondary N) is 1. The number of nitrogens with zero attached hydrogens (tertiary/aromatic N) is 1. The van der Waals surface area contributed by atoms with Gasteiger partial charge in [-0.25, -0.2) is 8.42 Å². The lowest BCUT2D eigenvalue weighted by atomic mass is 10.0. The molecule has 25 heavy (non-hydrogen) atoms. The van der Waals surface area contributed by atoms with Crippen molar-refractivity contribution in [3.63, 3.8) is 0 Å². The van der Waals surface area contributed by atoms with Crippen molar-refractivity contribution in [2.75, 3.05) is 24.6 Å². The number of carbonyl (C=O) groups excluding carboxylic acids is 2. The van der Waals surface area contributed by atoms with Gasteiger partial charge in [0.25, 0.3) is 5.91 Å². The number of unbranched alkanes of at least 4 members (excludes halogenated alkanes) is 2. The molecule has 2 heterocycles. The molecule has 1 aromatic heterocycles. The zero-order chi connectivity index (χ0) is 18.3. The minimum absolute atomic E-state index is 0.0599. The zero-order valence-electron chi connectivity index (χ0n) is 14.6. The third-order valence-electron chi connectivity index (χ3n) is 4.29. The van der Waals surface area contributed by atoms with Crippen molar-refractivity contribution in [1.29, 1.82) is 0 Å². The van der Waals surface area contributed by atoms with Gasteiger partial charge in [0, 0.05) is 19.1 Å².